The van der Waals surface area contributed by atoms with E-state index in [0.29, 0.717) is 11.9 Å². The Morgan fingerprint density at radius 3 is 2.62 bits per heavy atom. The average molecular weight is 308 g/mol. The minimum absolute atomic E-state index is 0.473. The summed E-state index contributed by atoms with van der Waals surface area (Å²) in [7, 11) is 2.03. The topological polar surface area (TPSA) is 38.9 Å². The third-order valence-corrected chi connectivity index (χ3v) is 5.46. The standard InChI is InChI=1S/C15H22ClN5/c1-3-11-14-15(19(2)18-11)21(13(8-16)17-14)12-9-20-6-4-10(12)5-7-20/h10,12H,3-9H2,1-2H3. The molecule has 3 fully saturated rings. The predicted octanol–water partition coefficient (Wildman–Crippen LogP) is 2.34. The van der Waals surface area contributed by atoms with Crippen molar-refractivity contribution in [1.82, 2.24) is 24.2 Å². The fourth-order valence-corrected chi connectivity index (χ4v) is 4.34. The molecule has 5 nitrogen and oxygen atoms in total. The molecule has 0 aromatic carbocycles. The van der Waals surface area contributed by atoms with Crippen molar-refractivity contribution in [1.29, 1.82) is 0 Å². The lowest BCUT2D eigenvalue weighted by Gasteiger charge is -2.45. The van der Waals surface area contributed by atoms with Crippen molar-refractivity contribution in [2.45, 2.75) is 38.1 Å². The predicted molar refractivity (Wildman–Crippen MR) is 83.6 cm³/mol. The van der Waals surface area contributed by atoms with E-state index in [4.69, 9.17) is 16.6 Å². The maximum absolute atomic E-state index is 6.20. The summed E-state index contributed by atoms with van der Waals surface area (Å²) in [5.74, 6) is 2.24. The van der Waals surface area contributed by atoms with Gasteiger partial charge in [0.05, 0.1) is 17.6 Å². The van der Waals surface area contributed by atoms with Crippen molar-refractivity contribution in [3.63, 3.8) is 0 Å². The zero-order valence-corrected chi connectivity index (χ0v) is 13.5. The molecule has 3 saturated heterocycles. The van der Waals surface area contributed by atoms with Gasteiger partial charge in [-0.2, -0.15) is 5.10 Å². The number of fused-ring (bicyclic) bond motifs is 4. The summed E-state index contributed by atoms with van der Waals surface area (Å²) in [6.07, 6.45) is 3.51. The summed E-state index contributed by atoms with van der Waals surface area (Å²) >= 11 is 6.20. The molecule has 5 rings (SSSR count). The first-order valence-corrected chi connectivity index (χ1v) is 8.47. The van der Waals surface area contributed by atoms with E-state index in [1.807, 2.05) is 11.7 Å². The lowest BCUT2D eigenvalue weighted by atomic mass is 9.84. The van der Waals surface area contributed by atoms with Gasteiger partial charge in [0, 0.05) is 13.6 Å². The number of nitrogens with zero attached hydrogens (tertiary/aromatic N) is 5. The highest BCUT2D eigenvalue weighted by atomic mass is 35.5. The van der Waals surface area contributed by atoms with Gasteiger partial charge < -0.3 is 9.47 Å². The largest absolute Gasteiger partial charge is 0.307 e. The van der Waals surface area contributed by atoms with Gasteiger partial charge in [0.1, 0.15) is 11.3 Å². The number of halogens is 1. The highest BCUT2D eigenvalue weighted by molar-refractivity contribution is 6.16. The molecule has 2 bridgehead atoms. The van der Waals surface area contributed by atoms with Crippen LogP contribution in [0.2, 0.25) is 0 Å². The van der Waals surface area contributed by atoms with Gasteiger partial charge in [0.2, 0.25) is 0 Å². The molecule has 5 heterocycles. The Balaban J connectivity index is 1.88. The van der Waals surface area contributed by atoms with Crippen LogP contribution in [-0.4, -0.2) is 43.9 Å². The van der Waals surface area contributed by atoms with E-state index in [1.165, 1.54) is 25.9 Å². The van der Waals surface area contributed by atoms with Gasteiger partial charge in [-0.3, -0.25) is 4.68 Å². The molecule has 3 aliphatic heterocycles. The van der Waals surface area contributed by atoms with E-state index in [-0.39, 0.29) is 0 Å². The van der Waals surface area contributed by atoms with Gasteiger partial charge in [0.15, 0.2) is 5.65 Å². The first kappa shape index (κ1) is 13.6. The second-order valence-corrected chi connectivity index (χ2v) is 6.60. The minimum Gasteiger partial charge on any atom is -0.307 e. The quantitative estimate of drug-likeness (QED) is 0.817. The molecular weight excluding hydrogens is 286 g/mol. The Morgan fingerprint density at radius 1 is 1.29 bits per heavy atom. The van der Waals surface area contributed by atoms with Crippen molar-refractivity contribution in [3.8, 4) is 0 Å². The van der Waals surface area contributed by atoms with Crippen LogP contribution in [0.25, 0.3) is 11.2 Å². The maximum Gasteiger partial charge on any atom is 0.159 e. The monoisotopic (exact) mass is 307 g/mol. The van der Waals surface area contributed by atoms with Crippen LogP contribution < -0.4 is 0 Å². The van der Waals surface area contributed by atoms with E-state index >= 15 is 0 Å². The van der Waals surface area contributed by atoms with E-state index in [0.717, 1.165) is 41.6 Å². The molecular formula is C15H22ClN5. The molecule has 2 aromatic rings. The number of rotatable bonds is 3. The van der Waals surface area contributed by atoms with Crippen molar-refractivity contribution >= 4 is 22.8 Å². The lowest BCUT2D eigenvalue weighted by molar-refractivity contribution is 0.0573. The normalized spacial score (nSPS) is 28.6. The van der Waals surface area contributed by atoms with Crippen molar-refractivity contribution in [2.75, 3.05) is 19.6 Å². The minimum atomic E-state index is 0.473. The molecule has 0 N–H and O–H groups in total. The molecule has 6 heteroatoms. The van der Waals surface area contributed by atoms with Gasteiger partial charge in [-0.25, -0.2) is 4.98 Å². The van der Waals surface area contributed by atoms with Crippen LogP contribution in [0.5, 0.6) is 0 Å². The molecule has 0 spiro atoms. The van der Waals surface area contributed by atoms with Crippen molar-refractivity contribution < 1.29 is 0 Å². The van der Waals surface area contributed by atoms with Crippen LogP contribution in [0.4, 0.5) is 0 Å². The number of hydrogen-bond donors (Lipinski definition) is 0. The molecule has 0 saturated carbocycles. The summed E-state index contributed by atoms with van der Waals surface area (Å²) in [4.78, 5) is 7.39. The molecule has 2 aromatic heterocycles. The zero-order valence-electron chi connectivity index (χ0n) is 12.7. The second kappa shape index (κ2) is 4.99. The van der Waals surface area contributed by atoms with Crippen molar-refractivity contribution in [3.05, 3.63) is 11.5 Å². The first-order valence-electron chi connectivity index (χ1n) is 7.94. The van der Waals surface area contributed by atoms with Crippen LogP contribution in [0.15, 0.2) is 0 Å². The van der Waals surface area contributed by atoms with Crippen LogP contribution >= 0.6 is 11.6 Å². The molecule has 0 amide bonds. The Hall–Kier alpha value is -1.07. The van der Waals surface area contributed by atoms with Crippen molar-refractivity contribution in [2.24, 2.45) is 13.0 Å². The van der Waals surface area contributed by atoms with E-state index in [2.05, 4.69) is 21.5 Å². The number of alkyl halides is 1. The lowest BCUT2D eigenvalue weighted by Crippen LogP contribution is -2.48. The molecule has 114 valence electrons. The van der Waals surface area contributed by atoms with Crippen LogP contribution in [-0.2, 0) is 19.3 Å². The molecule has 0 radical (unpaired) electrons. The molecule has 1 atom stereocenters. The number of imidazole rings is 1. The summed E-state index contributed by atoms with van der Waals surface area (Å²) < 4.78 is 4.39. The Morgan fingerprint density at radius 2 is 2.05 bits per heavy atom. The SMILES string of the molecule is CCc1nn(C)c2c1nc(CCl)n2C1CN2CCC1CC2. The van der Waals surface area contributed by atoms with Crippen LogP contribution in [0.1, 0.15) is 37.3 Å². The summed E-state index contributed by atoms with van der Waals surface area (Å²) in [5, 5.41) is 4.64. The number of piperidine rings is 3. The highest BCUT2D eigenvalue weighted by Gasteiger charge is 2.37. The fraction of sp³-hybridized carbons (Fsp3) is 0.733. The van der Waals surface area contributed by atoms with E-state index in [1.54, 1.807) is 0 Å². The Labute approximate surface area is 129 Å². The molecule has 21 heavy (non-hydrogen) atoms. The first-order chi connectivity index (χ1) is 10.2. The molecule has 0 aliphatic carbocycles. The maximum atomic E-state index is 6.20. The Kier molecular flexibility index (Phi) is 3.23. The third-order valence-electron chi connectivity index (χ3n) is 5.22. The van der Waals surface area contributed by atoms with Gasteiger partial charge in [0.25, 0.3) is 0 Å². The fourth-order valence-electron chi connectivity index (χ4n) is 4.16. The highest BCUT2D eigenvalue weighted by Crippen LogP contribution is 2.38. The average Bonchev–Trinajstić information content (AvgIpc) is 3.05. The smallest absolute Gasteiger partial charge is 0.159 e. The van der Waals surface area contributed by atoms with Gasteiger partial charge in [-0.1, -0.05) is 6.92 Å². The van der Waals surface area contributed by atoms with Gasteiger partial charge >= 0.3 is 0 Å². The van der Waals surface area contributed by atoms with E-state index in [9.17, 15) is 0 Å². The summed E-state index contributed by atoms with van der Waals surface area (Å²) in [6.45, 7) is 5.77. The second-order valence-electron chi connectivity index (χ2n) is 6.33. The molecule has 3 aliphatic rings. The van der Waals surface area contributed by atoms with Crippen LogP contribution in [0.3, 0.4) is 0 Å². The molecule has 1 unspecified atom stereocenters. The van der Waals surface area contributed by atoms with Crippen LogP contribution in [0, 0.1) is 5.92 Å². The number of hydrogen-bond acceptors (Lipinski definition) is 3. The zero-order chi connectivity index (χ0) is 14.6. The summed E-state index contributed by atoms with van der Waals surface area (Å²) in [6, 6.07) is 0.506. The summed E-state index contributed by atoms with van der Waals surface area (Å²) in [5.41, 5.74) is 3.28. The van der Waals surface area contributed by atoms with Gasteiger partial charge in [-0.05, 0) is 38.3 Å². The number of aryl methyl sites for hydroxylation is 2. The third kappa shape index (κ3) is 1.94. The number of aromatic nitrogens is 4. The van der Waals surface area contributed by atoms with E-state index < -0.39 is 0 Å². The Bertz CT molecular complexity index is 665. The van der Waals surface area contributed by atoms with Gasteiger partial charge in [-0.15, -0.1) is 11.6 Å².